The van der Waals surface area contributed by atoms with Gasteiger partial charge in [-0.1, -0.05) is 24.3 Å². The molecule has 3 aromatic carbocycles. The Hall–Kier alpha value is -6.25. The van der Waals surface area contributed by atoms with Gasteiger partial charge in [-0.15, -0.1) is 0 Å². The second-order valence-electron chi connectivity index (χ2n) is 10.4. The third-order valence-electron chi connectivity index (χ3n) is 7.36. The van der Waals surface area contributed by atoms with E-state index in [0.29, 0.717) is 22.9 Å². The molecule has 3 heterocycles. The SMILES string of the molecule is COc1cc(Nc2nccc(-c3c(-c4cccc(NC(=O)c5c(F)cccc5F)c4)nn4c(C(F)(F)F)cccc34)n2)cc(OC)c1OC. The van der Waals surface area contributed by atoms with Crippen LogP contribution in [-0.4, -0.2) is 46.8 Å². The van der Waals surface area contributed by atoms with E-state index in [0.717, 1.165) is 28.8 Å². The lowest BCUT2D eigenvalue weighted by molar-refractivity contribution is -0.142. The topological polar surface area (TPSA) is 112 Å². The second kappa shape index (κ2) is 13.1. The first kappa shape index (κ1) is 32.7. The number of rotatable bonds is 9. The minimum Gasteiger partial charge on any atom is -0.493 e. The third-order valence-corrected chi connectivity index (χ3v) is 7.36. The molecular formula is C34H25F5N6O4. The van der Waals surface area contributed by atoms with Crippen LogP contribution in [0.25, 0.3) is 28.0 Å². The van der Waals surface area contributed by atoms with Gasteiger partial charge in [-0.2, -0.15) is 18.3 Å². The van der Waals surface area contributed by atoms with E-state index < -0.39 is 35.0 Å². The molecule has 0 atom stereocenters. The second-order valence-corrected chi connectivity index (χ2v) is 10.4. The molecule has 3 aromatic heterocycles. The van der Waals surface area contributed by atoms with Crippen molar-refractivity contribution >= 4 is 28.7 Å². The van der Waals surface area contributed by atoms with Gasteiger partial charge in [-0.25, -0.2) is 23.3 Å². The fourth-order valence-corrected chi connectivity index (χ4v) is 5.23. The van der Waals surface area contributed by atoms with Gasteiger partial charge in [0.2, 0.25) is 11.7 Å². The van der Waals surface area contributed by atoms with Crippen LogP contribution in [0.1, 0.15) is 16.1 Å². The molecule has 0 unspecified atom stereocenters. The van der Waals surface area contributed by atoms with E-state index >= 15 is 0 Å². The Kier molecular flexibility index (Phi) is 8.74. The average molecular weight is 677 g/mol. The highest BCUT2D eigenvalue weighted by molar-refractivity contribution is 6.05. The van der Waals surface area contributed by atoms with E-state index in [1.807, 2.05) is 0 Å². The zero-order valence-electron chi connectivity index (χ0n) is 25.9. The molecule has 10 nitrogen and oxygen atoms in total. The maximum absolute atomic E-state index is 14.3. The summed E-state index contributed by atoms with van der Waals surface area (Å²) in [5.74, 6) is -2.02. The molecule has 0 saturated heterocycles. The van der Waals surface area contributed by atoms with Gasteiger partial charge in [0.1, 0.15) is 28.6 Å². The molecule has 6 aromatic rings. The number of halogens is 5. The first-order valence-electron chi connectivity index (χ1n) is 14.4. The number of methoxy groups -OCH3 is 3. The van der Waals surface area contributed by atoms with Crippen molar-refractivity contribution in [2.45, 2.75) is 6.18 Å². The lowest BCUT2D eigenvalue weighted by Crippen LogP contribution is -2.15. The minimum absolute atomic E-state index is 0.0716. The van der Waals surface area contributed by atoms with Crippen molar-refractivity contribution in [3.8, 4) is 39.8 Å². The van der Waals surface area contributed by atoms with Crippen LogP contribution in [0.2, 0.25) is 0 Å². The molecule has 0 radical (unpaired) electrons. The Morgan fingerprint density at radius 3 is 2.14 bits per heavy atom. The normalized spacial score (nSPS) is 11.3. The van der Waals surface area contributed by atoms with E-state index in [2.05, 4.69) is 25.7 Å². The highest BCUT2D eigenvalue weighted by Gasteiger charge is 2.35. The monoisotopic (exact) mass is 676 g/mol. The number of aromatic nitrogens is 4. The van der Waals surface area contributed by atoms with Crippen molar-refractivity contribution in [3.63, 3.8) is 0 Å². The van der Waals surface area contributed by atoms with E-state index in [1.54, 1.807) is 18.2 Å². The maximum Gasteiger partial charge on any atom is 0.433 e. The van der Waals surface area contributed by atoms with Gasteiger partial charge in [-0.05, 0) is 42.5 Å². The first-order valence-corrected chi connectivity index (χ1v) is 14.4. The van der Waals surface area contributed by atoms with Crippen molar-refractivity contribution < 1.29 is 41.0 Å². The van der Waals surface area contributed by atoms with Crippen molar-refractivity contribution in [1.29, 1.82) is 0 Å². The number of pyridine rings is 1. The summed E-state index contributed by atoms with van der Waals surface area (Å²) < 4.78 is 88.0. The maximum atomic E-state index is 14.3. The van der Waals surface area contributed by atoms with Gasteiger partial charge in [-0.3, -0.25) is 4.79 Å². The summed E-state index contributed by atoms with van der Waals surface area (Å²) in [7, 11) is 4.38. The standard InChI is InChI=1S/C34H25F5N6O4/c1-47-25-16-20(17-26(48-2)31(25)49-3)42-33-40-14-13-23(43-33)29-24-11-6-12-27(34(37,38)39)45(24)44-30(29)18-7-4-8-19(15-18)41-32(46)28-21(35)9-5-10-22(28)36/h4-17H,1-3H3,(H,41,46)(H,40,42,43). The number of nitrogens with zero attached hydrogens (tertiary/aromatic N) is 4. The van der Waals surface area contributed by atoms with E-state index in [4.69, 9.17) is 14.2 Å². The largest absolute Gasteiger partial charge is 0.493 e. The summed E-state index contributed by atoms with van der Waals surface area (Å²) in [5.41, 5.74) is -0.422. The van der Waals surface area contributed by atoms with Crippen molar-refractivity contribution in [2.24, 2.45) is 0 Å². The lowest BCUT2D eigenvalue weighted by atomic mass is 10.0. The quantitative estimate of drug-likeness (QED) is 0.150. The molecule has 0 fully saturated rings. The third kappa shape index (κ3) is 6.37. The fourth-order valence-electron chi connectivity index (χ4n) is 5.23. The first-order chi connectivity index (χ1) is 23.5. The average Bonchev–Trinajstić information content (AvgIpc) is 3.47. The summed E-state index contributed by atoms with van der Waals surface area (Å²) in [6, 6.07) is 17.3. The van der Waals surface area contributed by atoms with Crippen molar-refractivity contribution in [1.82, 2.24) is 19.6 Å². The van der Waals surface area contributed by atoms with Crippen LogP contribution >= 0.6 is 0 Å². The van der Waals surface area contributed by atoms with Crippen LogP contribution in [0.5, 0.6) is 17.2 Å². The number of hydrogen-bond acceptors (Lipinski definition) is 8. The molecule has 0 aliphatic rings. The fraction of sp³-hybridized carbons (Fsp3) is 0.118. The zero-order chi connectivity index (χ0) is 34.9. The van der Waals surface area contributed by atoms with E-state index in [1.165, 1.54) is 63.9 Å². The van der Waals surface area contributed by atoms with Gasteiger partial charge in [0.25, 0.3) is 5.91 Å². The number of alkyl halides is 3. The summed E-state index contributed by atoms with van der Waals surface area (Å²) in [4.78, 5) is 21.7. The number of nitrogens with one attached hydrogen (secondary N) is 2. The molecule has 6 rings (SSSR count). The molecule has 49 heavy (non-hydrogen) atoms. The summed E-state index contributed by atoms with van der Waals surface area (Å²) in [6.45, 7) is 0. The number of anilines is 3. The molecule has 0 bridgehead atoms. The molecule has 1 amide bonds. The summed E-state index contributed by atoms with van der Waals surface area (Å²) in [6.07, 6.45) is -3.34. The van der Waals surface area contributed by atoms with Gasteiger partial charge >= 0.3 is 6.18 Å². The Bertz CT molecular complexity index is 2160. The van der Waals surface area contributed by atoms with Crippen LogP contribution in [0.4, 0.5) is 39.3 Å². The van der Waals surface area contributed by atoms with Crippen LogP contribution in [0.15, 0.2) is 85.1 Å². The van der Waals surface area contributed by atoms with Gasteiger partial charge in [0.05, 0.1) is 38.1 Å². The number of fused-ring (bicyclic) bond motifs is 1. The molecule has 0 aliphatic heterocycles. The number of amides is 1. The number of benzene rings is 3. The van der Waals surface area contributed by atoms with Crippen LogP contribution < -0.4 is 24.8 Å². The summed E-state index contributed by atoms with van der Waals surface area (Å²) in [5, 5.41) is 9.84. The van der Waals surface area contributed by atoms with Crippen LogP contribution in [0.3, 0.4) is 0 Å². The lowest BCUT2D eigenvalue weighted by Gasteiger charge is -2.15. The minimum atomic E-state index is -4.76. The van der Waals surface area contributed by atoms with Gasteiger partial charge in [0, 0.05) is 35.3 Å². The molecule has 250 valence electrons. The van der Waals surface area contributed by atoms with Gasteiger partial charge in [0.15, 0.2) is 11.5 Å². The predicted molar refractivity (Wildman–Crippen MR) is 170 cm³/mol. The zero-order valence-corrected chi connectivity index (χ0v) is 25.9. The smallest absolute Gasteiger partial charge is 0.433 e. The Balaban J connectivity index is 1.46. The molecule has 0 saturated carbocycles. The molecular weight excluding hydrogens is 651 g/mol. The molecule has 0 spiro atoms. The van der Waals surface area contributed by atoms with Crippen LogP contribution in [-0.2, 0) is 6.18 Å². The van der Waals surface area contributed by atoms with E-state index in [9.17, 15) is 26.7 Å². The molecule has 0 aliphatic carbocycles. The number of ether oxygens (including phenoxy) is 3. The highest BCUT2D eigenvalue weighted by atomic mass is 19.4. The molecule has 2 N–H and O–H groups in total. The Morgan fingerprint density at radius 2 is 1.49 bits per heavy atom. The molecule has 15 heteroatoms. The Morgan fingerprint density at radius 1 is 0.816 bits per heavy atom. The highest BCUT2D eigenvalue weighted by Crippen LogP contribution is 2.41. The van der Waals surface area contributed by atoms with E-state index in [-0.39, 0.29) is 39.7 Å². The van der Waals surface area contributed by atoms with Crippen LogP contribution in [0, 0.1) is 11.6 Å². The van der Waals surface area contributed by atoms with Crippen molar-refractivity contribution in [3.05, 3.63) is 108 Å². The van der Waals surface area contributed by atoms with Gasteiger partial charge < -0.3 is 24.8 Å². The van der Waals surface area contributed by atoms with Crippen molar-refractivity contribution in [2.75, 3.05) is 32.0 Å². The number of carbonyl (C=O) groups excluding carboxylic acids is 1. The Labute approximate surface area is 275 Å². The number of hydrogen-bond donors (Lipinski definition) is 2. The summed E-state index contributed by atoms with van der Waals surface area (Å²) >= 11 is 0. The number of carbonyl (C=O) groups is 1. The predicted octanol–water partition coefficient (Wildman–Crippen LogP) is 7.78.